The number of carboxylic acids is 1. The van der Waals surface area contributed by atoms with Gasteiger partial charge in [-0.05, 0) is 6.92 Å². The van der Waals surface area contributed by atoms with Gasteiger partial charge in [0.15, 0.2) is 57.4 Å². The molecule has 0 radical (unpaired) electrons. The normalized spacial score (nSPS) is 9.62. The van der Waals surface area contributed by atoms with Crippen LogP contribution in [0, 0.1) is 23.6 Å². The number of hydrogen-bond acceptors (Lipinski definition) is 40. The van der Waals surface area contributed by atoms with Gasteiger partial charge in [-0.2, -0.15) is 20.0 Å². The molecule has 0 spiro atoms. The summed E-state index contributed by atoms with van der Waals surface area (Å²) in [6.07, 6.45) is 9.15. The fraction of sp³-hybridized carbons (Fsp3) is 0.275. The number of aliphatic hydroxyl groups is 2. The fourth-order valence-corrected chi connectivity index (χ4v) is 5.81. The van der Waals surface area contributed by atoms with E-state index >= 15 is 0 Å². The molecule has 0 fully saturated rings. The van der Waals surface area contributed by atoms with E-state index in [1.165, 1.54) is 104 Å². The van der Waals surface area contributed by atoms with E-state index in [-0.39, 0.29) is 120 Å². The first-order valence-corrected chi connectivity index (χ1v) is 29.6. The summed E-state index contributed by atoms with van der Waals surface area (Å²) in [5.74, 6) is -5.29. The first kappa shape index (κ1) is 108. The van der Waals surface area contributed by atoms with Gasteiger partial charge in [-0.15, -0.1) is 20.4 Å². The smallest absolute Gasteiger partial charge is 0.418 e. The van der Waals surface area contributed by atoms with E-state index < -0.39 is 65.0 Å². The van der Waals surface area contributed by atoms with Crippen LogP contribution >= 0.6 is 0 Å². The summed E-state index contributed by atoms with van der Waals surface area (Å²) in [5.41, 5.74) is 52.5. The summed E-state index contributed by atoms with van der Waals surface area (Å²) in [4.78, 5) is 174. The summed E-state index contributed by atoms with van der Waals surface area (Å²) in [5, 5.41) is 104. The number of aliphatic carboxylic acids is 1. The largest absolute Gasteiger partial charge is 0.481 e. The molecule has 632 valence electrons. The molecule has 0 aliphatic carbocycles. The molecule has 66 nitrogen and oxygen atoms in total. The van der Waals surface area contributed by atoms with Crippen molar-refractivity contribution in [3.8, 4) is 0 Å². The summed E-state index contributed by atoms with van der Waals surface area (Å²) < 4.78 is 2.81. The van der Waals surface area contributed by atoms with Gasteiger partial charge in [0.05, 0.1) is 59.1 Å². The SMILES string of the molecule is C.CC(=O)O.CCO.CN(C)N=Nc1nc[nH]c1C(N)=O.CN(C=O)N=Nc1nc[nH]c1C(N)=O.CN(CO)N=Nc1nc[nH]c1C(N)=O.CN=NNc1c(C(N)=O)ncn1C(=O)O.CN=NNc1nc[nH]c1C(N)=O.CN=NNc1nc[nH]c1C(N)=O.C[N+]#N.Cn1nnc2c(C(N)=O)ncn2c1=O.N#N.NC(=O)c1[nH]cnc1N.[CH3+]. The van der Waals surface area contributed by atoms with Crippen molar-refractivity contribution in [2.45, 2.75) is 21.3 Å². The maximum atomic E-state index is 11.4. The third-order valence-electron chi connectivity index (χ3n) is 10.2. The third-order valence-corrected chi connectivity index (χ3v) is 10.2. The number of diazo groups is 1. The molecule has 66 heteroatoms. The van der Waals surface area contributed by atoms with Crippen molar-refractivity contribution in [1.29, 1.82) is 16.2 Å². The van der Waals surface area contributed by atoms with Crippen molar-refractivity contribution in [2.75, 3.05) is 91.7 Å². The molecular weight excluding hydrogens is 1570 g/mol. The zero-order chi connectivity index (χ0) is 88.5. The van der Waals surface area contributed by atoms with Gasteiger partial charge in [-0.3, -0.25) is 58.0 Å². The van der Waals surface area contributed by atoms with E-state index in [0.29, 0.717) is 11.0 Å². The number of carboxylic acid groups (broad SMARTS) is 2. The first-order valence-electron chi connectivity index (χ1n) is 29.6. The highest BCUT2D eigenvalue weighted by atomic mass is 16.4. The van der Waals surface area contributed by atoms with Gasteiger partial charge in [0.1, 0.15) is 41.4 Å². The van der Waals surface area contributed by atoms with Crippen molar-refractivity contribution in [1.82, 2.24) is 109 Å². The molecule has 0 aromatic carbocycles. The number of nitrogens with one attached hydrogen (secondary N) is 9. The summed E-state index contributed by atoms with van der Waals surface area (Å²) >= 11 is 0. The van der Waals surface area contributed by atoms with Crippen molar-refractivity contribution in [3.63, 3.8) is 0 Å². The molecule has 0 aliphatic heterocycles. The van der Waals surface area contributed by atoms with E-state index in [1.807, 2.05) is 0 Å². The van der Waals surface area contributed by atoms with Gasteiger partial charge >= 0.3 is 11.8 Å². The predicted octanol–water partition coefficient (Wildman–Crippen LogP) is -2.51. The standard InChI is InChI=1S/C6H8N6O3.C6H6N6O2.C6H10N6O2.C6H8N6O2.C6H10N6O.2C5H8N6O.C4H6N4O.C2H4O2.C2H6O.CH3N2.CH4.CH3.N2/c1-8-11-10-5-3(4(7)13)9-2-12(5)6(14)15;1-11-6(14)12-2-8-3(4(7)13)5(12)9-10-11;2*1-12(3-13)11-10-6-4(5(7)14)8-2-9-6;1-12(2)11-10-6-4(5(7)13)8-3-9-6;2*1-7-11-10-5-3(4(6)12)8-2-9-5;5-3-2(4(6)9)7-1-8-3;1-2(3)4;1-2-3;1-3-2;;;1-2/h2H,1H3,(H2,7,13)(H,8,10)(H,14,15);2H,1H3,(H2,7,13);2,13H,3H2,1H3,(H2,7,14)(H,8,9);2-3H,1H3,(H2,7,14)(H,8,9);3H,1-2H3,(H2,7,13)(H,8,9);2*2H,1H3,(H2,6,12)(H,7,10)(H,8,9);1H,5H2,(H2,6,9)(H,7,8);1H3,(H,3,4);3H,2H2,1H3;1H3;1H4;1H3;/q;;;;;;;;;;+1;;+1;. The molecule has 0 saturated carbocycles. The minimum atomic E-state index is -1.32. The molecule has 31 N–H and O–H groups in total. The van der Waals surface area contributed by atoms with Crippen LogP contribution in [0.3, 0.4) is 0 Å². The van der Waals surface area contributed by atoms with Crippen LogP contribution in [0.25, 0.3) is 10.6 Å². The monoisotopic (exact) mass is 1650 g/mol. The Morgan fingerprint density at radius 2 is 0.906 bits per heavy atom. The molecule has 0 unspecified atom stereocenters. The van der Waals surface area contributed by atoms with Crippen molar-refractivity contribution < 1.29 is 73.2 Å². The van der Waals surface area contributed by atoms with E-state index in [2.05, 4.69) is 163 Å². The van der Waals surface area contributed by atoms with Crippen LogP contribution < -0.4 is 73.6 Å². The Labute approximate surface area is 655 Å². The number of aromatic nitrogens is 19. The van der Waals surface area contributed by atoms with Crippen LogP contribution in [0.15, 0.2) is 117 Å². The Morgan fingerprint density at radius 1 is 0.564 bits per heavy atom. The second-order valence-corrected chi connectivity index (χ2v) is 18.7. The number of nitrogens with zero attached hydrogens (tertiary/aromatic N) is 32. The third kappa shape index (κ3) is 41.2. The van der Waals surface area contributed by atoms with Crippen molar-refractivity contribution in [3.05, 3.63) is 119 Å². The van der Waals surface area contributed by atoms with Gasteiger partial charge in [-0.1, -0.05) is 44.0 Å². The molecule has 9 amide bonds. The Balaban J connectivity index is -0.000000400. The maximum absolute atomic E-state index is 11.4. The van der Waals surface area contributed by atoms with E-state index in [0.717, 1.165) is 27.3 Å². The van der Waals surface area contributed by atoms with Crippen LogP contribution in [0.5, 0.6) is 0 Å². The number of anilines is 4. The maximum Gasteiger partial charge on any atom is 0.418 e. The number of fused-ring (bicyclic) bond motifs is 1. The number of imidazole rings is 8. The number of rotatable bonds is 22. The quantitative estimate of drug-likeness (QED) is 0.00832. The summed E-state index contributed by atoms with van der Waals surface area (Å²) in [7, 11) is 13.4. The second kappa shape index (κ2) is 59.9. The zero-order valence-electron chi connectivity index (χ0n) is 62.8. The Bertz CT molecular complexity index is 4760. The average molecular weight is 1650 g/mol. The Morgan fingerprint density at radius 3 is 1.23 bits per heavy atom. The number of aryl methyl sites for hydroxylation is 1. The van der Waals surface area contributed by atoms with Gasteiger partial charge in [0.2, 0.25) is 29.3 Å². The lowest BCUT2D eigenvalue weighted by Gasteiger charge is -2.03. The fourth-order valence-electron chi connectivity index (χ4n) is 5.81. The number of nitrogen functional groups attached to an aromatic ring is 1. The molecule has 0 saturated heterocycles. The molecule has 9 rings (SSSR count). The number of hydrogen-bond donors (Lipinski definition) is 22. The number of primary amides is 8. The Kier molecular flexibility index (Phi) is 55.1. The minimum Gasteiger partial charge on any atom is -0.481 e. The van der Waals surface area contributed by atoms with Gasteiger partial charge in [-0.25, -0.2) is 79.7 Å². The molecular formula is C51H84N50O16+2. The zero-order valence-corrected chi connectivity index (χ0v) is 62.8. The lowest BCUT2D eigenvalue weighted by atomic mass is 10.4. The number of aromatic amines is 6. The molecule has 9 aromatic rings. The predicted molar refractivity (Wildman–Crippen MR) is 399 cm³/mol. The molecule has 0 atom stereocenters. The van der Waals surface area contributed by atoms with Gasteiger partial charge in [0, 0.05) is 67.0 Å². The number of H-pyrrole nitrogens is 6. The molecule has 0 bridgehead atoms. The number of nitrogens with two attached hydrogens (primary N) is 9. The minimum absolute atomic E-state index is 0. The highest BCUT2D eigenvalue weighted by Gasteiger charge is 2.20. The lowest BCUT2D eigenvalue weighted by Crippen LogP contribution is -2.27. The number of carbonyl (C=O) groups is 11. The number of amides is 9. The average Bonchev–Trinajstić information content (AvgIpc) is 1.66. The lowest BCUT2D eigenvalue weighted by molar-refractivity contribution is -0.134. The highest BCUT2D eigenvalue weighted by Crippen LogP contribution is 2.17. The van der Waals surface area contributed by atoms with E-state index in [1.54, 1.807) is 21.0 Å². The van der Waals surface area contributed by atoms with Crippen LogP contribution in [0.2, 0.25) is 0 Å². The molecule has 9 aromatic heterocycles. The van der Waals surface area contributed by atoms with Crippen molar-refractivity contribution >= 4 is 112 Å². The van der Waals surface area contributed by atoms with Crippen LogP contribution in [-0.2, 0) is 16.6 Å². The highest BCUT2D eigenvalue weighted by molar-refractivity contribution is 5.99. The van der Waals surface area contributed by atoms with Crippen LogP contribution in [0.1, 0.15) is 105 Å². The molecule has 0 aliphatic rings. The number of carbonyl (C=O) groups excluding carboxylic acids is 9. The van der Waals surface area contributed by atoms with Crippen LogP contribution in [-0.4, -0.2) is 265 Å². The van der Waals surface area contributed by atoms with Crippen molar-refractivity contribution in [2.24, 2.45) is 115 Å². The number of aliphatic hydroxyl groups excluding tert-OH is 2. The first-order chi connectivity index (χ1) is 54.4. The Hall–Kier alpha value is -18.0. The summed E-state index contributed by atoms with van der Waals surface area (Å²) in [6.45, 7) is 2.74. The second-order valence-electron chi connectivity index (χ2n) is 18.7. The summed E-state index contributed by atoms with van der Waals surface area (Å²) in [6, 6.07) is 0. The van der Waals surface area contributed by atoms with Crippen LogP contribution in [0.4, 0.5) is 45.5 Å². The van der Waals surface area contributed by atoms with E-state index in [9.17, 15) is 52.7 Å². The van der Waals surface area contributed by atoms with Gasteiger partial charge in [0.25, 0.3) is 60.3 Å². The van der Waals surface area contributed by atoms with Gasteiger partial charge < -0.3 is 102 Å². The molecule has 117 heavy (non-hydrogen) atoms. The molecule has 9 heterocycles. The topological polar surface area (TPSA) is 1030 Å². The van der Waals surface area contributed by atoms with E-state index in [4.69, 9.17) is 93.0 Å².